The van der Waals surface area contributed by atoms with Gasteiger partial charge in [-0.1, -0.05) is 6.42 Å². The van der Waals surface area contributed by atoms with Crippen molar-refractivity contribution in [1.82, 2.24) is 9.55 Å². The standard InChI is InChI=1S/C13H18N2O2S/c16-13(17)9-4-3-6-15-8-10(14-12(9)15)11-5-1-2-7-18-11/h8-9,11H,1-7H2,(H,16,17). The summed E-state index contributed by atoms with van der Waals surface area (Å²) in [4.78, 5) is 15.9. The molecule has 1 saturated heterocycles. The van der Waals surface area contributed by atoms with Crippen molar-refractivity contribution < 1.29 is 9.90 Å². The zero-order valence-corrected chi connectivity index (χ0v) is 11.2. The van der Waals surface area contributed by atoms with E-state index in [1.807, 2.05) is 11.8 Å². The van der Waals surface area contributed by atoms with Gasteiger partial charge in [0.2, 0.25) is 0 Å². The summed E-state index contributed by atoms with van der Waals surface area (Å²) >= 11 is 1.97. The number of thioether (sulfide) groups is 1. The van der Waals surface area contributed by atoms with Gasteiger partial charge in [-0.2, -0.15) is 11.8 Å². The monoisotopic (exact) mass is 266 g/mol. The first-order chi connectivity index (χ1) is 8.75. The molecule has 1 N–H and O–H groups in total. The fourth-order valence-corrected chi connectivity index (χ4v) is 4.14. The number of carboxylic acids is 1. The molecule has 0 aliphatic carbocycles. The molecular formula is C13H18N2O2S. The Labute approximate surface area is 111 Å². The predicted octanol–water partition coefficient (Wildman–Crippen LogP) is 2.80. The fourth-order valence-electron chi connectivity index (χ4n) is 2.87. The average molecular weight is 266 g/mol. The van der Waals surface area contributed by atoms with Crippen LogP contribution in [0.25, 0.3) is 0 Å². The first kappa shape index (κ1) is 12.1. The number of hydrogen-bond acceptors (Lipinski definition) is 3. The number of fused-ring (bicyclic) bond motifs is 1. The van der Waals surface area contributed by atoms with E-state index < -0.39 is 11.9 Å². The molecule has 2 unspecified atom stereocenters. The van der Waals surface area contributed by atoms with Crippen molar-refractivity contribution in [3.63, 3.8) is 0 Å². The molecule has 0 spiro atoms. The van der Waals surface area contributed by atoms with E-state index in [1.54, 1.807) is 0 Å². The summed E-state index contributed by atoms with van der Waals surface area (Å²) in [7, 11) is 0. The first-order valence-corrected chi connectivity index (χ1v) is 7.72. The minimum absolute atomic E-state index is 0.402. The molecule has 3 rings (SSSR count). The molecule has 0 saturated carbocycles. The van der Waals surface area contributed by atoms with Gasteiger partial charge in [0.05, 0.1) is 5.69 Å². The number of aliphatic carboxylic acids is 1. The quantitative estimate of drug-likeness (QED) is 0.894. The Balaban J connectivity index is 1.88. The van der Waals surface area contributed by atoms with Crippen LogP contribution in [0.15, 0.2) is 6.20 Å². The Morgan fingerprint density at radius 3 is 3.00 bits per heavy atom. The lowest BCUT2D eigenvalue weighted by Gasteiger charge is -2.19. The average Bonchev–Trinajstić information content (AvgIpc) is 2.83. The molecule has 2 aliphatic heterocycles. The van der Waals surface area contributed by atoms with Crippen LogP contribution in [0.3, 0.4) is 0 Å². The molecule has 2 atom stereocenters. The van der Waals surface area contributed by atoms with E-state index in [2.05, 4.69) is 15.7 Å². The number of imidazole rings is 1. The van der Waals surface area contributed by atoms with Gasteiger partial charge in [0.1, 0.15) is 11.7 Å². The van der Waals surface area contributed by atoms with Gasteiger partial charge in [0.15, 0.2) is 0 Å². The van der Waals surface area contributed by atoms with Crippen molar-refractivity contribution >= 4 is 17.7 Å². The highest BCUT2D eigenvalue weighted by atomic mass is 32.2. The van der Waals surface area contributed by atoms with E-state index in [4.69, 9.17) is 0 Å². The van der Waals surface area contributed by atoms with Crippen LogP contribution in [0, 0.1) is 0 Å². The molecule has 0 amide bonds. The zero-order chi connectivity index (χ0) is 12.5. The third-order valence-corrected chi connectivity index (χ3v) is 5.24. The van der Waals surface area contributed by atoms with E-state index in [0.29, 0.717) is 5.25 Å². The van der Waals surface area contributed by atoms with Gasteiger partial charge in [-0.25, -0.2) is 4.98 Å². The molecule has 0 radical (unpaired) electrons. The highest BCUT2D eigenvalue weighted by Gasteiger charge is 2.30. The van der Waals surface area contributed by atoms with E-state index in [0.717, 1.165) is 30.9 Å². The Hall–Kier alpha value is -0.970. The number of hydrogen-bond donors (Lipinski definition) is 1. The number of carbonyl (C=O) groups is 1. The van der Waals surface area contributed by atoms with Crippen molar-refractivity contribution in [3.8, 4) is 0 Å². The summed E-state index contributed by atoms with van der Waals surface area (Å²) in [6.07, 6.45) is 7.50. The molecule has 4 nitrogen and oxygen atoms in total. The van der Waals surface area contributed by atoms with Gasteiger partial charge >= 0.3 is 5.97 Å². The molecule has 2 aliphatic rings. The summed E-state index contributed by atoms with van der Waals surface area (Å²) in [5.74, 6) is 0.843. The number of rotatable bonds is 2. The highest BCUT2D eigenvalue weighted by molar-refractivity contribution is 7.99. The third kappa shape index (κ3) is 2.16. The van der Waals surface area contributed by atoms with Gasteiger partial charge in [-0.15, -0.1) is 0 Å². The molecule has 0 aromatic carbocycles. The summed E-state index contributed by atoms with van der Waals surface area (Å²) < 4.78 is 2.06. The maximum atomic E-state index is 11.2. The molecule has 3 heterocycles. The predicted molar refractivity (Wildman–Crippen MR) is 70.9 cm³/mol. The molecule has 5 heteroatoms. The van der Waals surface area contributed by atoms with Crippen LogP contribution in [0.1, 0.15) is 54.8 Å². The van der Waals surface area contributed by atoms with Crippen molar-refractivity contribution in [2.24, 2.45) is 0 Å². The Morgan fingerprint density at radius 2 is 2.28 bits per heavy atom. The molecule has 1 fully saturated rings. The van der Waals surface area contributed by atoms with Crippen molar-refractivity contribution in [2.75, 3.05) is 5.75 Å². The second-order valence-corrected chi connectivity index (χ2v) is 6.42. The van der Waals surface area contributed by atoms with E-state index in [1.165, 1.54) is 25.0 Å². The van der Waals surface area contributed by atoms with Crippen LogP contribution in [0.4, 0.5) is 0 Å². The Kier molecular flexibility index (Phi) is 3.33. The van der Waals surface area contributed by atoms with E-state index in [-0.39, 0.29) is 0 Å². The minimum Gasteiger partial charge on any atom is -0.481 e. The summed E-state index contributed by atoms with van der Waals surface area (Å²) in [5.41, 5.74) is 1.10. The van der Waals surface area contributed by atoms with Gasteiger partial charge in [-0.05, 0) is 31.4 Å². The summed E-state index contributed by atoms with van der Waals surface area (Å²) in [5, 5.41) is 9.72. The van der Waals surface area contributed by atoms with Crippen LogP contribution in [-0.4, -0.2) is 26.4 Å². The largest absolute Gasteiger partial charge is 0.481 e. The zero-order valence-electron chi connectivity index (χ0n) is 10.3. The molecule has 1 aromatic rings. The molecule has 98 valence electrons. The van der Waals surface area contributed by atoms with Crippen LogP contribution in [0.2, 0.25) is 0 Å². The number of nitrogens with zero attached hydrogens (tertiary/aromatic N) is 2. The lowest BCUT2D eigenvalue weighted by atomic mass is 9.99. The number of carboxylic acid groups (broad SMARTS) is 1. The lowest BCUT2D eigenvalue weighted by molar-refractivity contribution is -0.139. The van der Waals surface area contributed by atoms with E-state index >= 15 is 0 Å². The Morgan fingerprint density at radius 1 is 1.39 bits per heavy atom. The van der Waals surface area contributed by atoms with Crippen LogP contribution >= 0.6 is 11.8 Å². The fraction of sp³-hybridized carbons (Fsp3) is 0.692. The summed E-state index contributed by atoms with van der Waals surface area (Å²) in [6.45, 7) is 0.920. The van der Waals surface area contributed by atoms with Crippen molar-refractivity contribution in [3.05, 3.63) is 17.7 Å². The summed E-state index contributed by atoms with van der Waals surface area (Å²) in [6, 6.07) is 0. The molecule has 18 heavy (non-hydrogen) atoms. The van der Waals surface area contributed by atoms with Gasteiger partial charge in [0, 0.05) is 18.0 Å². The Bertz CT molecular complexity index is 452. The number of aryl methyl sites for hydroxylation is 1. The maximum absolute atomic E-state index is 11.2. The molecule has 1 aromatic heterocycles. The molecule has 0 bridgehead atoms. The maximum Gasteiger partial charge on any atom is 0.314 e. The second-order valence-electron chi connectivity index (χ2n) is 5.11. The normalized spacial score (nSPS) is 27.8. The topological polar surface area (TPSA) is 55.1 Å². The third-order valence-electron chi connectivity index (χ3n) is 3.84. The van der Waals surface area contributed by atoms with Crippen LogP contribution < -0.4 is 0 Å². The second kappa shape index (κ2) is 4.96. The van der Waals surface area contributed by atoms with Crippen molar-refractivity contribution in [2.45, 2.75) is 49.8 Å². The van der Waals surface area contributed by atoms with Gasteiger partial charge in [0.25, 0.3) is 0 Å². The van der Waals surface area contributed by atoms with Gasteiger partial charge < -0.3 is 9.67 Å². The highest BCUT2D eigenvalue weighted by Crippen LogP contribution is 2.39. The molecular weight excluding hydrogens is 248 g/mol. The number of aromatic nitrogens is 2. The van der Waals surface area contributed by atoms with Crippen LogP contribution in [0.5, 0.6) is 0 Å². The first-order valence-electron chi connectivity index (χ1n) is 6.67. The van der Waals surface area contributed by atoms with Crippen molar-refractivity contribution in [1.29, 1.82) is 0 Å². The van der Waals surface area contributed by atoms with Crippen LogP contribution in [-0.2, 0) is 11.3 Å². The smallest absolute Gasteiger partial charge is 0.314 e. The SMILES string of the molecule is O=C(O)C1CCCn2cc(C3CCCCS3)nc21. The lowest BCUT2D eigenvalue weighted by Crippen LogP contribution is -2.22. The van der Waals surface area contributed by atoms with E-state index in [9.17, 15) is 9.90 Å². The van der Waals surface area contributed by atoms with Gasteiger partial charge in [-0.3, -0.25) is 4.79 Å². The minimum atomic E-state index is -0.732.